The third-order valence-corrected chi connectivity index (χ3v) is 4.78. The first-order chi connectivity index (χ1) is 8.95. The van der Waals surface area contributed by atoms with Crippen LogP contribution in [0.3, 0.4) is 0 Å². The number of carbonyl (C=O) groups is 1. The van der Waals surface area contributed by atoms with Crippen molar-refractivity contribution in [2.45, 2.75) is 18.1 Å². The molecule has 7 heteroatoms. The lowest BCUT2D eigenvalue weighted by atomic mass is 10.1. The molecule has 6 nitrogen and oxygen atoms in total. The minimum Gasteiger partial charge on any atom is -0.493 e. The summed E-state index contributed by atoms with van der Waals surface area (Å²) >= 11 is 0. The lowest BCUT2D eigenvalue weighted by Crippen LogP contribution is -2.32. The Hall–Kier alpha value is -1.60. The van der Waals surface area contributed by atoms with Crippen LogP contribution in [0.2, 0.25) is 0 Å². The molecule has 2 aliphatic rings. The topological polar surface area (TPSA) is 89.7 Å². The number of amides is 1. The third kappa shape index (κ3) is 2.19. The number of hydrogen-bond donors (Lipinski definition) is 1. The molecule has 0 spiro atoms. The molecule has 0 radical (unpaired) electrons. The van der Waals surface area contributed by atoms with Gasteiger partial charge in [-0.2, -0.15) is 0 Å². The highest BCUT2D eigenvalue weighted by Gasteiger charge is 2.37. The Bertz CT molecular complexity index is 641. The summed E-state index contributed by atoms with van der Waals surface area (Å²) in [4.78, 5) is 13.4. The molecule has 0 bridgehead atoms. The van der Waals surface area contributed by atoms with E-state index in [0.29, 0.717) is 12.3 Å². The molecule has 0 aromatic heterocycles. The van der Waals surface area contributed by atoms with Crippen molar-refractivity contribution >= 4 is 21.6 Å². The summed E-state index contributed by atoms with van der Waals surface area (Å²) in [5, 5.41) is 4.29. The van der Waals surface area contributed by atoms with Gasteiger partial charge in [0.2, 0.25) is 15.9 Å². The van der Waals surface area contributed by atoms with Gasteiger partial charge in [-0.05, 0) is 23.8 Å². The van der Waals surface area contributed by atoms with E-state index >= 15 is 0 Å². The number of benzene rings is 1. The van der Waals surface area contributed by atoms with Crippen molar-refractivity contribution in [1.29, 1.82) is 0 Å². The van der Waals surface area contributed by atoms with Crippen molar-refractivity contribution in [3.8, 4) is 5.75 Å². The maximum Gasteiger partial charge on any atom is 0.228 e. The summed E-state index contributed by atoms with van der Waals surface area (Å²) in [6.45, 7) is 0.768. The van der Waals surface area contributed by atoms with Crippen LogP contribution < -0.4 is 14.8 Å². The van der Waals surface area contributed by atoms with E-state index in [1.165, 1.54) is 4.90 Å². The fourth-order valence-electron chi connectivity index (χ4n) is 2.49. The van der Waals surface area contributed by atoms with E-state index in [4.69, 9.17) is 9.88 Å². The fourth-order valence-corrected chi connectivity index (χ4v) is 3.22. The minimum atomic E-state index is -3.68. The van der Waals surface area contributed by atoms with Gasteiger partial charge in [0.1, 0.15) is 11.0 Å². The number of rotatable bonds is 2. The molecule has 1 amide bonds. The molecule has 2 heterocycles. The normalized spacial score (nSPS) is 22.5. The molecule has 0 saturated carbocycles. The van der Waals surface area contributed by atoms with Gasteiger partial charge in [-0.25, -0.2) is 13.6 Å². The molecule has 3 rings (SSSR count). The highest BCUT2D eigenvalue weighted by atomic mass is 32.2. The van der Waals surface area contributed by atoms with E-state index in [2.05, 4.69) is 0 Å². The molecule has 1 aromatic rings. The van der Waals surface area contributed by atoms with Gasteiger partial charge in [0.05, 0.1) is 6.61 Å². The number of fused-ring (bicyclic) bond motifs is 1. The third-order valence-electron chi connectivity index (χ3n) is 3.54. The van der Waals surface area contributed by atoms with Crippen molar-refractivity contribution < 1.29 is 17.9 Å². The van der Waals surface area contributed by atoms with Gasteiger partial charge >= 0.3 is 0 Å². The Morgan fingerprint density at radius 3 is 2.84 bits per heavy atom. The summed E-state index contributed by atoms with van der Waals surface area (Å²) in [6, 6.07) is 5.47. The molecule has 2 aliphatic heterocycles. The molecular weight excluding hydrogens is 268 g/mol. The van der Waals surface area contributed by atoms with Crippen molar-refractivity contribution in [3.63, 3.8) is 0 Å². The Morgan fingerprint density at radius 2 is 2.16 bits per heavy atom. The largest absolute Gasteiger partial charge is 0.493 e. The number of nitrogens with zero attached hydrogens (tertiary/aromatic N) is 1. The van der Waals surface area contributed by atoms with Gasteiger partial charge < -0.3 is 9.64 Å². The van der Waals surface area contributed by atoms with E-state index < -0.39 is 15.3 Å². The van der Waals surface area contributed by atoms with Crippen LogP contribution in [0, 0.1) is 0 Å². The fraction of sp³-hybridized carbons (Fsp3) is 0.417. The number of anilines is 1. The average Bonchev–Trinajstić information content (AvgIpc) is 2.92. The quantitative estimate of drug-likeness (QED) is 0.827. The van der Waals surface area contributed by atoms with Gasteiger partial charge in [-0.15, -0.1) is 0 Å². The molecule has 1 aromatic carbocycles. The zero-order chi connectivity index (χ0) is 13.6. The second-order valence-electron chi connectivity index (χ2n) is 4.81. The first-order valence-electron chi connectivity index (χ1n) is 6.03. The van der Waals surface area contributed by atoms with Crippen LogP contribution in [0.1, 0.15) is 12.0 Å². The van der Waals surface area contributed by atoms with Gasteiger partial charge in [-0.1, -0.05) is 0 Å². The number of nitrogens with two attached hydrogens (primary N) is 1. The maximum absolute atomic E-state index is 11.9. The van der Waals surface area contributed by atoms with E-state index in [0.717, 1.165) is 17.7 Å². The smallest absolute Gasteiger partial charge is 0.228 e. The lowest BCUT2D eigenvalue weighted by molar-refractivity contribution is -0.117. The zero-order valence-corrected chi connectivity index (χ0v) is 11.0. The van der Waals surface area contributed by atoms with Crippen molar-refractivity contribution in [3.05, 3.63) is 23.8 Å². The molecular formula is C12H14N2O4S. The zero-order valence-electron chi connectivity index (χ0n) is 10.2. The van der Waals surface area contributed by atoms with Gasteiger partial charge in [0.15, 0.2) is 0 Å². The minimum absolute atomic E-state index is 0.0492. The van der Waals surface area contributed by atoms with Crippen LogP contribution in [0.5, 0.6) is 5.75 Å². The van der Waals surface area contributed by atoms with Gasteiger partial charge in [-0.3, -0.25) is 4.79 Å². The first-order valence-corrected chi connectivity index (χ1v) is 7.64. The number of primary sulfonamides is 1. The molecule has 2 N–H and O–H groups in total. The van der Waals surface area contributed by atoms with Gasteiger partial charge in [0.25, 0.3) is 0 Å². The SMILES string of the molecule is NS(=O)(=O)C1CC(=O)N(c2ccc3c(c2)CCO3)C1. The van der Waals surface area contributed by atoms with Crippen LogP contribution in [0.25, 0.3) is 0 Å². The van der Waals surface area contributed by atoms with Crippen molar-refractivity contribution in [2.75, 3.05) is 18.1 Å². The molecule has 102 valence electrons. The number of ether oxygens (including phenoxy) is 1. The van der Waals surface area contributed by atoms with E-state index in [9.17, 15) is 13.2 Å². The van der Waals surface area contributed by atoms with Crippen molar-refractivity contribution in [2.24, 2.45) is 5.14 Å². The molecule has 1 atom stereocenters. The van der Waals surface area contributed by atoms with Crippen LogP contribution in [-0.4, -0.2) is 32.7 Å². The summed E-state index contributed by atoms with van der Waals surface area (Å²) < 4.78 is 28.0. The number of carbonyl (C=O) groups excluding carboxylic acids is 1. The Labute approximate surface area is 111 Å². The summed E-state index contributed by atoms with van der Waals surface area (Å²) in [7, 11) is -3.68. The second kappa shape index (κ2) is 4.21. The van der Waals surface area contributed by atoms with Crippen LogP contribution >= 0.6 is 0 Å². The van der Waals surface area contributed by atoms with Crippen molar-refractivity contribution in [1.82, 2.24) is 0 Å². The van der Waals surface area contributed by atoms with Crippen LogP contribution in [0.15, 0.2) is 18.2 Å². The average molecular weight is 282 g/mol. The van der Waals surface area contributed by atoms with E-state index in [1.54, 1.807) is 6.07 Å². The van der Waals surface area contributed by atoms with Crippen LogP contribution in [0.4, 0.5) is 5.69 Å². The summed E-state index contributed by atoms with van der Waals surface area (Å²) in [5.41, 5.74) is 1.75. The second-order valence-corrected chi connectivity index (χ2v) is 6.65. The Balaban J connectivity index is 1.89. The molecule has 0 aliphatic carbocycles. The van der Waals surface area contributed by atoms with Gasteiger partial charge in [0, 0.05) is 25.1 Å². The Morgan fingerprint density at radius 1 is 1.37 bits per heavy atom. The van der Waals surface area contributed by atoms with E-state index in [1.807, 2.05) is 12.1 Å². The highest BCUT2D eigenvalue weighted by molar-refractivity contribution is 7.89. The van der Waals surface area contributed by atoms with Crippen LogP contribution in [-0.2, 0) is 21.2 Å². The Kier molecular flexibility index (Phi) is 2.75. The number of sulfonamides is 1. The standard InChI is InChI=1S/C12H14N2O4S/c13-19(16,17)10-6-12(15)14(7-10)9-1-2-11-8(5-9)3-4-18-11/h1-2,5,10H,3-4,6-7H2,(H2,13,16,17). The molecule has 1 unspecified atom stereocenters. The van der Waals surface area contributed by atoms with E-state index in [-0.39, 0.29) is 18.9 Å². The predicted molar refractivity (Wildman–Crippen MR) is 69.5 cm³/mol. The molecule has 19 heavy (non-hydrogen) atoms. The summed E-state index contributed by atoms with van der Waals surface area (Å²) in [5.74, 6) is 0.622. The predicted octanol–water partition coefficient (Wildman–Crippen LogP) is 0.0153. The summed E-state index contributed by atoms with van der Waals surface area (Å²) in [6.07, 6.45) is 0.760. The molecule has 1 saturated heterocycles. The lowest BCUT2D eigenvalue weighted by Gasteiger charge is -2.17. The molecule has 1 fully saturated rings. The maximum atomic E-state index is 11.9. The number of hydrogen-bond acceptors (Lipinski definition) is 4. The highest BCUT2D eigenvalue weighted by Crippen LogP contribution is 2.32. The monoisotopic (exact) mass is 282 g/mol. The first kappa shape index (κ1) is 12.4.